The van der Waals surface area contributed by atoms with E-state index in [0.717, 1.165) is 19.5 Å². The lowest BCUT2D eigenvalue weighted by atomic mass is 9.55. The van der Waals surface area contributed by atoms with Gasteiger partial charge in [0.2, 0.25) is 5.91 Å². The predicted octanol–water partition coefficient (Wildman–Crippen LogP) is 2.68. The standard InChI is InChI=1S/C13H23NO/c1-10-9-11(13(10,2)3)12(15)14-7-5-4-6-8-14/h10-11H,4-9H2,1-3H3/t10-,11-/m0/s1. The van der Waals surface area contributed by atoms with Crippen LogP contribution in [0, 0.1) is 17.3 Å². The highest BCUT2D eigenvalue weighted by Gasteiger charge is 2.50. The lowest BCUT2D eigenvalue weighted by Gasteiger charge is -2.51. The minimum Gasteiger partial charge on any atom is -0.342 e. The second kappa shape index (κ2) is 3.80. The first-order valence-electron chi connectivity index (χ1n) is 6.32. The summed E-state index contributed by atoms with van der Waals surface area (Å²) in [6.07, 6.45) is 4.81. The molecule has 1 amide bonds. The Morgan fingerprint density at radius 2 is 1.80 bits per heavy atom. The van der Waals surface area contributed by atoms with E-state index in [1.807, 2.05) is 0 Å². The number of nitrogens with zero attached hydrogens (tertiary/aromatic N) is 1. The van der Waals surface area contributed by atoms with Crippen molar-refractivity contribution in [1.29, 1.82) is 0 Å². The Morgan fingerprint density at radius 1 is 1.20 bits per heavy atom. The third-order valence-corrected chi connectivity index (χ3v) is 4.72. The normalized spacial score (nSPS) is 34.7. The highest BCUT2D eigenvalue weighted by molar-refractivity contribution is 5.80. The summed E-state index contributed by atoms with van der Waals surface area (Å²) in [4.78, 5) is 14.4. The SMILES string of the molecule is C[C@H]1C[C@@H](C(=O)N2CCCCC2)C1(C)C. The molecule has 1 saturated heterocycles. The van der Waals surface area contributed by atoms with Crippen LogP contribution in [0.3, 0.4) is 0 Å². The molecule has 1 aliphatic carbocycles. The molecule has 1 aliphatic heterocycles. The van der Waals surface area contributed by atoms with Crippen molar-refractivity contribution in [2.24, 2.45) is 17.3 Å². The topological polar surface area (TPSA) is 20.3 Å². The predicted molar refractivity (Wildman–Crippen MR) is 61.5 cm³/mol. The van der Waals surface area contributed by atoms with Gasteiger partial charge in [-0.05, 0) is 37.0 Å². The fraction of sp³-hybridized carbons (Fsp3) is 0.923. The Morgan fingerprint density at radius 3 is 2.27 bits per heavy atom. The summed E-state index contributed by atoms with van der Waals surface area (Å²) in [5.41, 5.74) is 0.231. The molecule has 0 aromatic carbocycles. The van der Waals surface area contributed by atoms with E-state index in [2.05, 4.69) is 25.7 Å². The van der Waals surface area contributed by atoms with Crippen molar-refractivity contribution in [1.82, 2.24) is 4.90 Å². The summed E-state index contributed by atoms with van der Waals surface area (Å²) in [6, 6.07) is 0. The van der Waals surface area contributed by atoms with E-state index in [-0.39, 0.29) is 5.41 Å². The Kier molecular flexibility index (Phi) is 2.78. The maximum atomic E-state index is 12.3. The van der Waals surface area contributed by atoms with Crippen LogP contribution in [-0.4, -0.2) is 23.9 Å². The number of hydrogen-bond acceptors (Lipinski definition) is 1. The van der Waals surface area contributed by atoms with Crippen LogP contribution in [-0.2, 0) is 4.79 Å². The van der Waals surface area contributed by atoms with Crippen molar-refractivity contribution >= 4 is 5.91 Å². The molecule has 0 bridgehead atoms. The van der Waals surface area contributed by atoms with E-state index in [0.29, 0.717) is 17.7 Å². The zero-order valence-electron chi connectivity index (χ0n) is 10.3. The number of hydrogen-bond donors (Lipinski definition) is 0. The highest BCUT2D eigenvalue weighted by Crippen LogP contribution is 2.51. The van der Waals surface area contributed by atoms with Gasteiger partial charge in [-0.1, -0.05) is 20.8 Å². The van der Waals surface area contributed by atoms with Crippen LogP contribution >= 0.6 is 0 Å². The van der Waals surface area contributed by atoms with E-state index in [1.165, 1.54) is 19.3 Å². The van der Waals surface area contributed by atoms with Gasteiger partial charge in [-0.2, -0.15) is 0 Å². The van der Waals surface area contributed by atoms with Gasteiger partial charge in [0.1, 0.15) is 0 Å². The van der Waals surface area contributed by atoms with Gasteiger partial charge in [-0.15, -0.1) is 0 Å². The monoisotopic (exact) mass is 209 g/mol. The second-order valence-corrected chi connectivity index (χ2v) is 5.90. The first kappa shape index (κ1) is 11.0. The molecule has 0 N–H and O–H groups in total. The number of piperidine rings is 1. The van der Waals surface area contributed by atoms with E-state index in [4.69, 9.17) is 0 Å². The first-order valence-corrected chi connectivity index (χ1v) is 6.32. The number of rotatable bonds is 1. The van der Waals surface area contributed by atoms with Gasteiger partial charge < -0.3 is 4.90 Å². The Bertz CT molecular complexity index is 253. The summed E-state index contributed by atoms with van der Waals surface area (Å²) in [5, 5.41) is 0. The van der Waals surface area contributed by atoms with E-state index < -0.39 is 0 Å². The fourth-order valence-electron chi connectivity index (χ4n) is 2.90. The molecule has 1 heterocycles. The Balaban J connectivity index is 1.96. The quantitative estimate of drug-likeness (QED) is 0.650. The molecule has 2 heteroatoms. The van der Waals surface area contributed by atoms with Gasteiger partial charge in [-0.25, -0.2) is 0 Å². The van der Waals surface area contributed by atoms with Crippen LogP contribution < -0.4 is 0 Å². The van der Waals surface area contributed by atoms with Crippen molar-refractivity contribution in [2.75, 3.05) is 13.1 Å². The highest BCUT2D eigenvalue weighted by atomic mass is 16.2. The molecule has 0 spiro atoms. The molecule has 1 saturated carbocycles. The van der Waals surface area contributed by atoms with E-state index in [9.17, 15) is 4.79 Å². The molecule has 0 aromatic rings. The molecule has 2 atom stereocenters. The Hall–Kier alpha value is -0.530. The minimum absolute atomic E-state index is 0.231. The molecule has 0 unspecified atom stereocenters. The van der Waals surface area contributed by atoms with Crippen molar-refractivity contribution in [2.45, 2.75) is 46.5 Å². The molecule has 2 aliphatic rings. The van der Waals surface area contributed by atoms with Crippen LogP contribution in [0.4, 0.5) is 0 Å². The van der Waals surface area contributed by atoms with Crippen molar-refractivity contribution in [3.05, 3.63) is 0 Å². The zero-order chi connectivity index (χ0) is 11.1. The van der Waals surface area contributed by atoms with Crippen molar-refractivity contribution in [3.8, 4) is 0 Å². The Labute approximate surface area is 93.0 Å². The van der Waals surface area contributed by atoms with Crippen LogP contribution in [0.15, 0.2) is 0 Å². The second-order valence-electron chi connectivity index (χ2n) is 5.90. The van der Waals surface area contributed by atoms with Crippen LogP contribution in [0.25, 0.3) is 0 Å². The third kappa shape index (κ3) is 1.79. The largest absolute Gasteiger partial charge is 0.342 e. The van der Waals surface area contributed by atoms with E-state index >= 15 is 0 Å². The van der Waals surface area contributed by atoms with E-state index in [1.54, 1.807) is 0 Å². The van der Waals surface area contributed by atoms with Crippen molar-refractivity contribution < 1.29 is 4.79 Å². The molecule has 2 rings (SSSR count). The molecule has 2 nitrogen and oxygen atoms in total. The minimum atomic E-state index is 0.231. The van der Waals surface area contributed by atoms with Gasteiger partial charge in [0.15, 0.2) is 0 Å². The summed E-state index contributed by atoms with van der Waals surface area (Å²) in [6.45, 7) is 8.75. The van der Waals surface area contributed by atoms with Crippen LogP contribution in [0.2, 0.25) is 0 Å². The third-order valence-electron chi connectivity index (χ3n) is 4.72. The number of carbonyl (C=O) groups is 1. The number of amides is 1. The van der Waals surface area contributed by atoms with Gasteiger partial charge in [-0.3, -0.25) is 4.79 Å². The smallest absolute Gasteiger partial charge is 0.226 e. The summed E-state index contributed by atoms with van der Waals surface area (Å²) in [7, 11) is 0. The molecule has 0 aromatic heterocycles. The van der Waals surface area contributed by atoms with Gasteiger partial charge in [0.25, 0.3) is 0 Å². The lowest BCUT2D eigenvalue weighted by Crippen LogP contribution is -2.53. The lowest BCUT2D eigenvalue weighted by molar-refractivity contribution is -0.151. The first-order chi connectivity index (χ1) is 7.03. The molecule has 86 valence electrons. The van der Waals surface area contributed by atoms with Crippen LogP contribution in [0.5, 0.6) is 0 Å². The number of likely N-dealkylation sites (tertiary alicyclic amines) is 1. The molecule has 15 heavy (non-hydrogen) atoms. The average molecular weight is 209 g/mol. The number of carbonyl (C=O) groups excluding carboxylic acids is 1. The molecular weight excluding hydrogens is 186 g/mol. The maximum absolute atomic E-state index is 12.3. The summed E-state index contributed by atoms with van der Waals surface area (Å²) < 4.78 is 0. The molecular formula is C13H23NO. The van der Waals surface area contributed by atoms with Crippen LogP contribution in [0.1, 0.15) is 46.5 Å². The average Bonchev–Trinajstić information content (AvgIpc) is 2.26. The zero-order valence-corrected chi connectivity index (χ0v) is 10.3. The van der Waals surface area contributed by atoms with Gasteiger partial charge in [0, 0.05) is 19.0 Å². The molecule has 0 radical (unpaired) electrons. The maximum Gasteiger partial charge on any atom is 0.226 e. The van der Waals surface area contributed by atoms with Crippen molar-refractivity contribution in [3.63, 3.8) is 0 Å². The molecule has 2 fully saturated rings. The summed E-state index contributed by atoms with van der Waals surface area (Å²) >= 11 is 0. The fourth-order valence-corrected chi connectivity index (χ4v) is 2.90. The van der Waals surface area contributed by atoms with Gasteiger partial charge in [0.05, 0.1) is 0 Å². The van der Waals surface area contributed by atoms with Gasteiger partial charge >= 0.3 is 0 Å². The summed E-state index contributed by atoms with van der Waals surface area (Å²) in [5.74, 6) is 1.43.